The molecule has 0 amide bonds. The summed E-state index contributed by atoms with van der Waals surface area (Å²) in [6, 6.07) is 5.58. The predicted octanol–water partition coefficient (Wildman–Crippen LogP) is 1.75. The van der Waals surface area contributed by atoms with Gasteiger partial charge in [-0.05, 0) is 43.0 Å². The third kappa shape index (κ3) is 7.82. The Morgan fingerprint density at radius 1 is 1.18 bits per heavy atom. The second-order valence-electron chi connectivity index (χ2n) is 7.89. The number of carboxylic acids is 1. The number of sulfonamides is 1. The van der Waals surface area contributed by atoms with Crippen LogP contribution in [0.4, 0.5) is 10.3 Å². The predicted molar refractivity (Wildman–Crippen MR) is 130 cm³/mol. The van der Waals surface area contributed by atoms with Crippen LogP contribution in [0.15, 0.2) is 30.3 Å². The number of aliphatic hydroxyl groups is 2. The van der Waals surface area contributed by atoms with E-state index < -0.39 is 34.0 Å². The van der Waals surface area contributed by atoms with E-state index in [0.29, 0.717) is 22.5 Å². The monoisotopic (exact) mass is 505 g/mol. The van der Waals surface area contributed by atoms with Crippen LogP contribution in [0.1, 0.15) is 43.9 Å². The van der Waals surface area contributed by atoms with E-state index in [9.17, 15) is 27.8 Å². The van der Waals surface area contributed by atoms with Gasteiger partial charge in [-0.3, -0.25) is 0 Å². The molecule has 1 unspecified atom stereocenters. The number of aliphatic carboxylic acids is 1. The van der Waals surface area contributed by atoms with Gasteiger partial charge in [-0.2, -0.15) is 0 Å². The molecule has 0 aliphatic rings. The second kappa shape index (κ2) is 12.7. The molecule has 0 aliphatic heterocycles. The number of hydrogen-bond acceptors (Lipinski definition) is 7. The normalized spacial score (nSPS) is 13.5. The van der Waals surface area contributed by atoms with Crippen LogP contribution in [0.3, 0.4) is 0 Å². The van der Waals surface area contributed by atoms with Gasteiger partial charge in [-0.1, -0.05) is 26.0 Å². The van der Waals surface area contributed by atoms with Crippen molar-refractivity contribution in [3.63, 3.8) is 0 Å². The zero-order valence-corrected chi connectivity index (χ0v) is 19.6. The molecule has 2 rings (SSSR count). The minimum atomic E-state index is -3.63. The van der Waals surface area contributed by atoms with E-state index in [1.807, 2.05) is 13.8 Å². The minimum absolute atomic E-state index is 0. The van der Waals surface area contributed by atoms with E-state index in [0.717, 1.165) is 10.6 Å². The summed E-state index contributed by atoms with van der Waals surface area (Å²) in [6.45, 7) is 3.76. The average Bonchev–Trinajstić information content (AvgIpc) is 2.74. The Balaban J connectivity index is 0.00000578. The van der Waals surface area contributed by atoms with Crippen molar-refractivity contribution >= 4 is 57.6 Å². The first kappa shape index (κ1) is 30.1. The van der Waals surface area contributed by atoms with Gasteiger partial charge in [-0.15, -0.1) is 0 Å². The van der Waals surface area contributed by atoms with Crippen molar-refractivity contribution in [2.45, 2.75) is 44.8 Å². The van der Waals surface area contributed by atoms with Crippen molar-refractivity contribution < 1.29 is 32.9 Å². The Morgan fingerprint density at radius 3 is 2.26 bits per heavy atom. The van der Waals surface area contributed by atoms with Gasteiger partial charge in [0.1, 0.15) is 5.82 Å². The fourth-order valence-electron chi connectivity index (χ4n) is 2.99. The molecule has 0 bridgehead atoms. The molecule has 3 N–H and O–H groups in total. The van der Waals surface area contributed by atoms with Crippen LogP contribution >= 0.6 is 0 Å². The van der Waals surface area contributed by atoms with E-state index in [4.69, 9.17) is 5.11 Å². The van der Waals surface area contributed by atoms with Gasteiger partial charge in [0.15, 0.2) is 6.10 Å². The molecule has 0 spiro atoms. The quantitative estimate of drug-likeness (QED) is 0.415. The number of anilines is 1. The average molecular weight is 506 g/mol. The number of aliphatic hydroxyl groups excluding tert-OH is 2. The van der Waals surface area contributed by atoms with Crippen LogP contribution < -0.4 is 4.31 Å². The van der Waals surface area contributed by atoms with Gasteiger partial charge < -0.3 is 15.3 Å². The number of carboxylic acid groups (broad SMARTS) is 1. The Kier molecular flexibility index (Phi) is 11.3. The molecule has 0 radical (unpaired) electrons. The number of aromatic nitrogens is 2. The van der Waals surface area contributed by atoms with Crippen molar-refractivity contribution in [1.29, 1.82) is 0 Å². The standard InChI is InChI=1S/C22H28FN3O6S.Na.H/c1-13(2)18-16(7-5-6-8-17(27)20(28)21(29)30)19(14-9-11-15(23)12-10-14)25-22(24-18)26(3)33(4,31)32;;/h5,7,9-13,17,20,27-28H,6,8H2,1-4H3,(H,29,30);;/t17-,20?;;/m1../s1. The van der Waals surface area contributed by atoms with Crippen LogP contribution in [0, 0.1) is 5.82 Å². The summed E-state index contributed by atoms with van der Waals surface area (Å²) < 4.78 is 38.6. The van der Waals surface area contributed by atoms with Crippen LogP contribution in [0.25, 0.3) is 17.3 Å². The number of hydrogen-bond donors (Lipinski definition) is 3. The number of benzene rings is 1. The van der Waals surface area contributed by atoms with Crippen molar-refractivity contribution in [3.8, 4) is 11.3 Å². The van der Waals surface area contributed by atoms with Crippen molar-refractivity contribution in [2.24, 2.45) is 0 Å². The molecule has 0 saturated carbocycles. The molecule has 12 heteroatoms. The zero-order chi connectivity index (χ0) is 24.9. The summed E-state index contributed by atoms with van der Waals surface area (Å²) in [5.74, 6) is -2.10. The topological polar surface area (TPSA) is 141 Å². The van der Waals surface area contributed by atoms with E-state index in [-0.39, 0.29) is 54.3 Å². The number of carbonyl (C=O) groups is 1. The summed E-state index contributed by atoms with van der Waals surface area (Å²) in [6.07, 6.45) is 1.34. The Bertz CT molecular complexity index is 1130. The number of rotatable bonds is 10. The van der Waals surface area contributed by atoms with Gasteiger partial charge >= 0.3 is 35.5 Å². The molecule has 0 saturated heterocycles. The second-order valence-corrected chi connectivity index (χ2v) is 9.91. The Morgan fingerprint density at radius 2 is 1.76 bits per heavy atom. The van der Waals surface area contributed by atoms with Crippen molar-refractivity contribution in [1.82, 2.24) is 9.97 Å². The molecule has 1 heterocycles. The molecule has 9 nitrogen and oxygen atoms in total. The fourth-order valence-corrected chi connectivity index (χ4v) is 3.36. The van der Waals surface area contributed by atoms with Gasteiger partial charge in [0.05, 0.1) is 23.7 Å². The molecule has 1 aromatic heterocycles. The molecule has 34 heavy (non-hydrogen) atoms. The molecule has 0 fully saturated rings. The number of nitrogens with zero attached hydrogens (tertiary/aromatic N) is 3. The molecule has 2 atom stereocenters. The fraction of sp³-hybridized carbons (Fsp3) is 0.409. The van der Waals surface area contributed by atoms with Crippen LogP contribution in [-0.2, 0) is 14.8 Å². The third-order valence-corrected chi connectivity index (χ3v) is 6.10. The summed E-state index contributed by atoms with van der Waals surface area (Å²) in [5.41, 5.74) is 2.07. The summed E-state index contributed by atoms with van der Waals surface area (Å²) >= 11 is 0. The van der Waals surface area contributed by atoms with Gasteiger partial charge in [0.2, 0.25) is 16.0 Å². The molecule has 2 aromatic rings. The first-order valence-corrected chi connectivity index (χ1v) is 12.0. The molecule has 1 aromatic carbocycles. The Labute approximate surface area is 220 Å². The van der Waals surface area contributed by atoms with E-state index >= 15 is 0 Å². The van der Waals surface area contributed by atoms with E-state index in [1.165, 1.54) is 31.3 Å². The molecule has 0 aliphatic carbocycles. The first-order chi connectivity index (χ1) is 15.3. The summed E-state index contributed by atoms with van der Waals surface area (Å²) in [4.78, 5) is 19.7. The van der Waals surface area contributed by atoms with Crippen molar-refractivity contribution in [3.05, 3.63) is 47.4 Å². The van der Waals surface area contributed by atoms with Crippen LogP contribution in [0.5, 0.6) is 0 Å². The first-order valence-electron chi connectivity index (χ1n) is 10.2. The third-order valence-electron chi connectivity index (χ3n) is 4.94. The van der Waals surface area contributed by atoms with E-state index in [1.54, 1.807) is 12.2 Å². The maximum absolute atomic E-state index is 13.5. The molecular weight excluding hydrogens is 476 g/mol. The van der Waals surface area contributed by atoms with E-state index in [2.05, 4.69) is 9.97 Å². The summed E-state index contributed by atoms with van der Waals surface area (Å²) in [5, 5.41) is 28.0. The van der Waals surface area contributed by atoms with Crippen LogP contribution in [-0.4, -0.2) is 94.7 Å². The van der Waals surface area contributed by atoms with Crippen molar-refractivity contribution in [2.75, 3.05) is 17.6 Å². The van der Waals surface area contributed by atoms with Gasteiger partial charge in [0, 0.05) is 18.2 Å². The summed E-state index contributed by atoms with van der Waals surface area (Å²) in [7, 11) is -2.29. The Hall–Kier alpha value is -1.89. The zero-order valence-electron chi connectivity index (χ0n) is 18.8. The molecule has 182 valence electrons. The maximum atomic E-state index is 13.5. The van der Waals surface area contributed by atoms with Gasteiger partial charge in [0.25, 0.3) is 0 Å². The van der Waals surface area contributed by atoms with Crippen LogP contribution in [0.2, 0.25) is 0 Å². The number of halogens is 1. The van der Waals surface area contributed by atoms with Gasteiger partial charge in [-0.25, -0.2) is 31.9 Å². The number of allylic oxidation sites excluding steroid dienone is 1. The molecular formula is C22H29FN3NaO6S. The SMILES string of the molecule is CC(C)c1nc(N(C)S(C)(=O)=O)nc(-c2ccc(F)cc2)c1C=CCC[C@@H](O)C(O)C(=O)O.[NaH].